The largest absolute Gasteiger partial charge is 0.495 e. The van der Waals surface area contributed by atoms with Crippen molar-refractivity contribution in [3.05, 3.63) is 23.2 Å². The van der Waals surface area contributed by atoms with Crippen LogP contribution in [0.15, 0.2) is 23.4 Å². The highest BCUT2D eigenvalue weighted by atomic mass is 35.5. The summed E-state index contributed by atoms with van der Waals surface area (Å²) in [4.78, 5) is 12.3. The monoisotopic (exact) mass is 297 g/mol. The Labute approximate surface area is 121 Å². The average molecular weight is 298 g/mol. The molecule has 108 valence electrons. The molecule has 0 spiro atoms. The molecule has 0 bridgehead atoms. The van der Waals surface area contributed by atoms with Crippen molar-refractivity contribution in [2.75, 3.05) is 12.4 Å². The summed E-state index contributed by atoms with van der Waals surface area (Å²) in [5, 5.41) is 14.9. The summed E-state index contributed by atoms with van der Waals surface area (Å²) in [7, 11) is 1.52. The maximum atomic E-state index is 12.3. The van der Waals surface area contributed by atoms with Crippen molar-refractivity contribution in [3.63, 3.8) is 0 Å². The number of rotatable bonds is 4. The number of methoxy groups -OCH3 is 1. The predicted molar refractivity (Wildman–Crippen MR) is 76.3 cm³/mol. The number of benzene rings is 1. The smallest absolute Gasteiger partial charge is 0.238 e. The van der Waals surface area contributed by atoms with E-state index in [0.29, 0.717) is 29.3 Å². The SMILES string of the molecule is COc1ccc(NC(=O)C2(/C(N)=N/O)CCC2)cc1Cl. The molecular formula is C13H16ClN3O3. The molecule has 1 saturated carbocycles. The molecule has 1 aliphatic carbocycles. The number of amides is 1. The van der Waals surface area contributed by atoms with Gasteiger partial charge in [0.15, 0.2) is 5.84 Å². The zero-order chi connectivity index (χ0) is 14.8. The van der Waals surface area contributed by atoms with Crippen molar-refractivity contribution in [2.45, 2.75) is 19.3 Å². The zero-order valence-electron chi connectivity index (χ0n) is 11.0. The fourth-order valence-electron chi connectivity index (χ4n) is 2.22. The third-order valence-corrected chi connectivity index (χ3v) is 3.94. The molecule has 2 rings (SSSR count). The summed E-state index contributed by atoms with van der Waals surface area (Å²) in [6.45, 7) is 0. The van der Waals surface area contributed by atoms with E-state index in [9.17, 15) is 4.79 Å². The number of nitrogens with zero attached hydrogens (tertiary/aromatic N) is 1. The van der Waals surface area contributed by atoms with Crippen LogP contribution in [-0.4, -0.2) is 24.1 Å². The van der Waals surface area contributed by atoms with Crippen LogP contribution in [0.4, 0.5) is 5.69 Å². The summed E-state index contributed by atoms with van der Waals surface area (Å²) in [5.74, 6) is 0.181. The third kappa shape index (κ3) is 2.38. The lowest BCUT2D eigenvalue weighted by Crippen LogP contribution is -2.51. The normalized spacial score (nSPS) is 17.2. The van der Waals surface area contributed by atoms with Crippen LogP contribution in [0.1, 0.15) is 19.3 Å². The molecule has 0 atom stereocenters. The topological polar surface area (TPSA) is 96.9 Å². The standard InChI is InChI=1S/C13H16ClN3O3/c1-20-10-4-3-8(7-9(10)14)16-12(18)13(5-2-6-13)11(15)17-19/h3-4,7,19H,2,5-6H2,1H3,(H2,15,17)(H,16,18). The van der Waals surface area contributed by atoms with E-state index in [1.165, 1.54) is 7.11 Å². The number of halogens is 1. The molecule has 1 fully saturated rings. The number of hydrogen-bond acceptors (Lipinski definition) is 4. The number of oxime groups is 1. The number of carbonyl (C=O) groups excluding carboxylic acids is 1. The molecule has 7 heteroatoms. The molecule has 0 aliphatic heterocycles. The van der Waals surface area contributed by atoms with Crippen molar-refractivity contribution in [3.8, 4) is 5.75 Å². The lowest BCUT2D eigenvalue weighted by Gasteiger charge is -2.38. The third-order valence-electron chi connectivity index (χ3n) is 3.65. The maximum Gasteiger partial charge on any atom is 0.238 e. The van der Waals surface area contributed by atoms with Gasteiger partial charge in [-0.2, -0.15) is 0 Å². The first-order valence-electron chi connectivity index (χ1n) is 6.16. The lowest BCUT2D eigenvalue weighted by molar-refractivity contribution is -0.125. The number of nitrogens with one attached hydrogen (secondary N) is 1. The van der Waals surface area contributed by atoms with Crippen LogP contribution >= 0.6 is 11.6 Å². The molecule has 0 heterocycles. The summed E-state index contributed by atoms with van der Waals surface area (Å²) in [6, 6.07) is 4.94. The van der Waals surface area contributed by atoms with Crippen LogP contribution in [-0.2, 0) is 4.79 Å². The van der Waals surface area contributed by atoms with Gasteiger partial charge in [0.05, 0.1) is 12.1 Å². The van der Waals surface area contributed by atoms with E-state index in [-0.39, 0.29) is 11.7 Å². The number of hydrogen-bond donors (Lipinski definition) is 3. The molecule has 6 nitrogen and oxygen atoms in total. The lowest BCUT2D eigenvalue weighted by atomic mass is 9.67. The fraction of sp³-hybridized carbons (Fsp3) is 0.385. The van der Waals surface area contributed by atoms with Gasteiger partial charge in [-0.1, -0.05) is 23.2 Å². The number of nitrogens with two attached hydrogens (primary N) is 1. The fourth-order valence-corrected chi connectivity index (χ4v) is 2.48. The van der Waals surface area contributed by atoms with Gasteiger partial charge >= 0.3 is 0 Å². The van der Waals surface area contributed by atoms with Crippen LogP contribution in [0.3, 0.4) is 0 Å². The second kappa shape index (κ2) is 5.58. The molecular weight excluding hydrogens is 282 g/mol. The minimum absolute atomic E-state index is 0.0548. The zero-order valence-corrected chi connectivity index (χ0v) is 11.8. The van der Waals surface area contributed by atoms with Gasteiger partial charge in [-0.3, -0.25) is 4.79 Å². The summed E-state index contributed by atoms with van der Waals surface area (Å²) in [5.41, 5.74) is 5.26. The molecule has 0 unspecified atom stereocenters. The van der Waals surface area contributed by atoms with Gasteiger partial charge in [-0.05, 0) is 31.0 Å². The second-order valence-electron chi connectivity index (χ2n) is 4.72. The molecule has 4 N–H and O–H groups in total. The van der Waals surface area contributed by atoms with Crippen molar-refractivity contribution >= 4 is 29.0 Å². The second-order valence-corrected chi connectivity index (χ2v) is 5.13. The first kappa shape index (κ1) is 14.5. The van der Waals surface area contributed by atoms with E-state index in [0.717, 1.165) is 6.42 Å². The Morgan fingerprint density at radius 1 is 1.55 bits per heavy atom. The average Bonchev–Trinajstić information content (AvgIpc) is 2.37. The number of amidine groups is 1. The van der Waals surface area contributed by atoms with Crippen molar-refractivity contribution < 1.29 is 14.7 Å². The van der Waals surface area contributed by atoms with Crippen molar-refractivity contribution in [1.82, 2.24) is 0 Å². The summed E-state index contributed by atoms with van der Waals surface area (Å²) >= 11 is 6.00. The Hall–Kier alpha value is -1.95. The van der Waals surface area contributed by atoms with Gasteiger partial charge in [-0.15, -0.1) is 0 Å². The molecule has 1 aromatic rings. The van der Waals surface area contributed by atoms with Gasteiger partial charge in [0.1, 0.15) is 11.2 Å². The predicted octanol–water partition coefficient (Wildman–Crippen LogP) is 2.20. The first-order valence-corrected chi connectivity index (χ1v) is 6.54. The van der Waals surface area contributed by atoms with E-state index in [1.807, 2.05) is 0 Å². The number of carbonyl (C=O) groups is 1. The Morgan fingerprint density at radius 3 is 2.70 bits per heavy atom. The number of anilines is 1. The van der Waals surface area contributed by atoms with Crippen LogP contribution in [0.25, 0.3) is 0 Å². The van der Waals surface area contributed by atoms with E-state index >= 15 is 0 Å². The van der Waals surface area contributed by atoms with Crippen molar-refractivity contribution in [2.24, 2.45) is 16.3 Å². The number of ether oxygens (including phenoxy) is 1. The van der Waals surface area contributed by atoms with E-state index < -0.39 is 5.41 Å². The minimum Gasteiger partial charge on any atom is -0.495 e. The van der Waals surface area contributed by atoms with Crippen LogP contribution in [0.2, 0.25) is 5.02 Å². The first-order chi connectivity index (χ1) is 9.53. The quantitative estimate of drug-likeness (QED) is 0.343. The van der Waals surface area contributed by atoms with Crippen molar-refractivity contribution in [1.29, 1.82) is 0 Å². The van der Waals surface area contributed by atoms with Crippen LogP contribution < -0.4 is 15.8 Å². The van der Waals surface area contributed by atoms with Gasteiger partial charge in [-0.25, -0.2) is 0 Å². The minimum atomic E-state index is -0.916. The van der Waals surface area contributed by atoms with Gasteiger partial charge in [0, 0.05) is 5.69 Å². The van der Waals surface area contributed by atoms with Gasteiger partial charge < -0.3 is 21.0 Å². The Morgan fingerprint density at radius 2 is 2.25 bits per heavy atom. The van der Waals surface area contributed by atoms with Gasteiger partial charge in [0.25, 0.3) is 0 Å². The van der Waals surface area contributed by atoms with E-state index in [2.05, 4.69) is 10.5 Å². The highest BCUT2D eigenvalue weighted by Gasteiger charge is 2.48. The molecule has 1 amide bonds. The molecule has 0 saturated heterocycles. The van der Waals surface area contributed by atoms with E-state index in [1.54, 1.807) is 18.2 Å². The summed E-state index contributed by atoms with van der Waals surface area (Å²) in [6.07, 6.45) is 2.00. The maximum absolute atomic E-state index is 12.3. The van der Waals surface area contributed by atoms with Gasteiger partial charge in [0.2, 0.25) is 5.91 Å². The van der Waals surface area contributed by atoms with Crippen LogP contribution in [0, 0.1) is 5.41 Å². The highest BCUT2D eigenvalue weighted by Crippen LogP contribution is 2.42. The molecule has 1 aromatic carbocycles. The molecule has 20 heavy (non-hydrogen) atoms. The molecule has 0 radical (unpaired) electrons. The van der Waals surface area contributed by atoms with E-state index in [4.69, 9.17) is 27.3 Å². The Kier molecular flexibility index (Phi) is 4.04. The summed E-state index contributed by atoms with van der Waals surface area (Å²) < 4.78 is 5.04. The molecule has 1 aliphatic rings. The highest BCUT2D eigenvalue weighted by molar-refractivity contribution is 6.32. The molecule has 0 aromatic heterocycles. The Balaban J connectivity index is 2.17. The van der Waals surface area contributed by atoms with Crippen LogP contribution in [0.5, 0.6) is 5.75 Å². The Bertz CT molecular complexity index is 556.